The van der Waals surface area contributed by atoms with Crippen molar-refractivity contribution in [1.82, 2.24) is 0 Å². The fourth-order valence-corrected chi connectivity index (χ4v) is 5.25. The predicted octanol–water partition coefficient (Wildman–Crippen LogP) is 3.71. The molecule has 0 spiro atoms. The number of sulfonamides is 1. The Hall–Kier alpha value is -3.43. The van der Waals surface area contributed by atoms with E-state index in [4.69, 9.17) is 25.8 Å². The maximum absolute atomic E-state index is 13.4. The number of amides is 1. The number of hydrogen-bond acceptors (Lipinski definition) is 6. The van der Waals surface area contributed by atoms with Crippen LogP contribution in [-0.4, -0.2) is 40.2 Å². The van der Waals surface area contributed by atoms with E-state index in [1.807, 2.05) is 0 Å². The number of nitrogens with one attached hydrogen (secondary N) is 1. The van der Waals surface area contributed by atoms with E-state index >= 15 is 0 Å². The number of carbonyl (C=O) groups is 1. The molecule has 3 aromatic carbocycles. The maximum Gasteiger partial charge on any atom is 0.267 e. The summed E-state index contributed by atoms with van der Waals surface area (Å²) in [6.07, 6.45) is -1.07. The van der Waals surface area contributed by atoms with Crippen molar-refractivity contribution in [3.05, 3.63) is 71.8 Å². The molecule has 0 unspecified atom stereocenters. The zero-order chi connectivity index (χ0) is 23.0. The van der Waals surface area contributed by atoms with E-state index in [0.717, 1.165) is 0 Å². The van der Waals surface area contributed by atoms with Gasteiger partial charge in [-0.25, -0.2) is 8.42 Å². The normalized spacial score (nSPS) is 17.0. The quantitative estimate of drug-likeness (QED) is 0.604. The van der Waals surface area contributed by atoms with E-state index in [1.54, 1.807) is 42.5 Å². The van der Waals surface area contributed by atoms with E-state index < -0.39 is 22.0 Å². The van der Waals surface area contributed by atoms with Crippen LogP contribution in [0.5, 0.6) is 17.2 Å². The topological polar surface area (TPSA) is 94.2 Å². The average Bonchev–Trinajstić information content (AvgIpc) is 2.83. The minimum absolute atomic E-state index is 0.0644. The minimum atomic E-state index is -3.97. The molecule has 8 nitrogen and oxygen atoms in total. The van der Waals surface area contributed by atoms with Crippen molar-refractivity contribution in [1.29, 1.82) is 0 Å². The summed E-state index contributed by atoms with van der Waals surface area (Å²) in [6, 6.07) is 17.6. The Kier molecular flexibility index (Phi) is 5.51. The molecule has 33 heavy (non-hydrogen) atoms. The molecule has 3 aromatic rings. The second-order valence-corrected chi connectivity index (χ2v) is 9.71. The Morgan fingerprint density at radius 1 is 0.939 bits per heavy atom. The zero-order valence-corrected chi connectivity index (χ0v) is 18.8. The van der Waals surface area contributed by atoms with Crippen molar-refractivity contribution >= 4 is 38.9 Å². The molecule has 1 N–H and O–H groups in total. The van der Waals surface area contributed by atoms with Crippen LogP contribution in [0.4, 0.5) is 11.4 Å². The first-order chi connectivity index (χ1) is 15.9. The number of hydrogen-bond donors (Lipinski definition) is 1. The third-order valence-electron chi connectivity index (χ3n) is 5.24. The molecule has 0 aliphatic carbocycles. The van der Waals surface area contributed by atoms with Crippen LogP contribution < -0.4 is 23.8 Å². The fraction of sp³-hybridized carbons (Fsp3) is 0.174. The first-order valence-electron chi connectivity index (χ1n) is 10.2. The molecule has 0 radical (unpaired) electrons. The molecule has 170 valence electrons. The van der Waals surface area contributed by atoms with Crippen molar-refractivity contribution < 1.29 is 27.4 Å². The van der Waals surface area contributed by atoms with Crippen LogP contribution in [0.2, 0.25) is 5.02 Å². The monoisotopic (exact) mass is 486 g/mol. The highest BCUT2D eigenvalue weighted by atomic mass is 35.5. The minimum Gasteiger partial charge on any atom is -0.486 e. The molecule has 2 aliphatic heterocycles. The Labute approximate surface area is 195 Å². The molecule has 1 atom stereocenters. The lowest BCUT2D eigenvalue weighted by Gasteiger charge is -2.34. The number of anilines is 2. The van der Waals surface area contributed by atoms with Gasteiger partial charge in [-0.2, -0.15) is 0 Å². The summed E-state index contributed by atoms with van der Waals surface area (Å²) in [5, 5.41) is 3.20. The highest BCUT2D eigenvalue weighted by molar-refractivity contribution is 7.92. The fourth-order valence-electron chi connectivity index (χ4n) is 3.64. The van der Waals surface area contributed by atoms with Crippen molar-refractivity contribution in [2.45, 2.75) is 11.0 Å². The van der Waals surface area contributed by atoms with Gasteiger partial charge in [0.25, 0.3) is 15.9 Å². The van der Waals surface area contributed by atoms with Gasteiger partial charge in [0.05, 0.1) is 17.1 Å². The molecule has 2 aliphatic rings. The lowest BCUT2D eigenvalue weighted by atomic mass is 10.2. The highest BCUT2D eigenvalue weighted by Crippen LogP contribution is 2.37. The van der Waals surface area contributed by atoms with Gasteiger partial charge < -0.3 is 19.5 Å². The molecule has 0 saturated heterocycles. The van der Waals surface area contributed by atoms with Crippen LogP contribution >= 0.6 is 11.6 Å². The second kappa shape index (κ2) is 8.49. The standard InChI is InChI=1S/C23H19ClN2O6S/c24-15-5-8-17(9-6-15)33(28,29)26-14-22(32-19-4-2-1-3-18(19)26)23(27)25-16-7-10-20-21(13-16)31-12-11-30-20/h1-10,13,22H,11-12,14H2,(H,25,27)/t22-/m1/s1. The lowest BCUT2D eigenvalue weighted by Crippen LogP contribution is -2.48. The molecular weight excluding hydrogens is 468 g/mol. The van der Waals surface area contributed by atoms with Gasteiger partial charge in [-0.15, -0.1) is 0 Å². The van der Waals surface area contributed by atoms with Gasteiger partial charge in [-0.3, -0.25) is 9.10 Å². The van der Waals surface area contributed by atoms with Crippen molar-refractivity contribution in [3.8, 4) is 17.2 Å². The summed E-state index contributed by atoms with van der Waals surface area (Å²) in [5.41, 5.74) is 0.842. The van der Waals surface area contributed by atoms with Gasteiger partial charge in [-0.1, -0.05) is 23.7 Å². The highest BCUT2D eigenvalue weighted by Gasteiger charge is 2.37. The van der Waals surface area contributed by atoms with E-state index in [1.165, 1.54) is 28.6 Å². The number of benzene rings is 3. The third-order valence-corrected chi connectivity index (χ3v) is 7.28. The first-order valence-corrected chi connectivity index (χ1v) is 12.0. The number of fused-ring (bicyclic) bond motifs is 2. The van der Waals surface area contributed by atoms with E-state index in [-0.39, 0.29) is 11.4 Å². The Balaban J connectivity index is 1.43. The molecule has 0 saturated carbocycles. The lowest BCUT2D eigenvalue weighted by molar-refractivity contribution is -0.122. The summed E-state index contributed by atoms with van der Waals surface area (Å²) >= 11 is 5.92. The summed E-state index contributed by atoms with van der Waals surface area (Å²) in [5.74, 6) is 0.935. The molecule has 1 amide bonds. The number of rotatable bonds is 4. The van der Waals surface area contributed by atoms with Crippen LogP contribution in [0.1, 0.15) is 0 Å². The number of para-hydroxylation sites is 2. The molecule has 10 heteroatoms. The smallest absolute Gasteiger partial charge is 0.267 e. The Morgan fingerprint density at radius 2 is 1.67 bits per heavy atom. The largest absolute Gasteiger partial charge is 0.486 e. The molecule has 5 rings (SSSR count). The number of halogens is 1. The van der Waals surface area contributed by atoms with Gasteiger partial charge in [0.15, 0.2) is 17.6 Å². The molecular formula is C23H19ClN2O6S. The summed E-state index contributed by atoms with van der Waals surface area (Å²) in [7, 11) is -3.97. The summed E-state index contributed by atoms with van der Waals surface area (Å²) in [4.78, 5) is 13.1. The average molecular weight is 487 g/mol. The SMILES string of the molecule is O=C(Nc1ccc2c(c1)OCCO2)[C@H]1CN(S(=O)(=O)c2ccc(Cl)cc2)c2ccccc2O1. The maximum atomic E-state index is 13.4. The number of carbonyl (C=O) groups excluding carboxylic acids is 1. The zero-order valence-electron chi connectivity index (χ0n) is 17.2. The van der Waals surface area contributed by atoms with Crippen LogP contribution in [0, 0.1) is 0 Å². The molecule has 0 aromatic heterocycles. The van der Waals surface area contributed by atoms with Crippen molar-refractivity contribution in [2.75, 3.05) is 29.4 Å². The Morgan fingerprint density at radius 3 is 2.45 bits per heavy atom. The van der Waals surface area contributed by atoms with Gasteiger partial charge in [0.1, 0.15) is 19.0 Å². The molecule has 0 fully saturated rings. The van der Waals surface area contributed by atoms with E-state index in [0.29, 0.717) is 46.9 Å². The Bertz CT molecular complexity index is 1310. The predicted molar refractivity (Wildman–Crippen MR) is 123 cm³/mol. The van der Waals surface area contributed by atoms with Crippen molar-refractivity contribution in [3.63, 3.8) is 0 Å². The number of nitrogens with zero attached hydrogens (tertiary/aromatic N) is 1. The first kappa shape index (κ1) is 21.4. The van der Waals surface area contributed by atoms with Crippen LogP contribution in [0.3, 0.4) is 0 Å². The van der Waals surface area contributed by atoms with E-state index in [2.05, 4.69) is 5.32 Å². The van der Waals surface area contributed by atoms with Crippen LogP contribution in [-0.2, 0) is 14.8 Å². The van der Waals surface area contributed by atoms with Crippen LogP contribution in [0.15, 0.2) is 71.6 Å². The van der Waals surface area contributed by atoms with E-state index in [9.17, 15) is 13.2 Å². The molecule has 0 bridgehead atoms. The number of ether oxygens (including phenoxy) is 3. The second-order valence-electron chi connectivity index (χ2n) is 7.41. The van der Waals surface area contributed by atoms with Crippen LogP contribution in [0.25, 0.3) is 0 Å². The van der Waals surface area contributed by atoms with Gasteiger partial charge in [0.2, 0.25) is 0 Å². The molecule has 2 heterocycles. The van der Waals surface area contributed by atoms with Gasteiger partial charge >= 0.3 is 0 Å². The third kappa shape index (κ3) is 4.17. The van der Waals surface area contributed by atoms with Gasteiger partial charge in [-0.05, 0) is 48.5 Å². The van der Waals surface area contributed by atoms with Crippen molar-refractivity contribution in [2.24, 2.45) is 0 Å². The van der Waals surface area contributed by atoms with Gasteiger partial charge in [0, 0.05) is 16.8 Å². The summed E-state index contributed by atoms with van der Waals surface area (Å²) in [6.45, 7) is 0.689. The summed E-state index contributed by atoms with van der Waals surface area (Å²) < 4.78 is 44.9.